The van der Waals surface area contributed by atoms with E-state index in [4.69, 9.17) is 0 Å². The van der Waals surface area contributed by atoms with Gasteiger partial charge < -0.3 is 4.98 Å². The Kier molecular flexibility index (Phi) is 2.71. The number of benzene rings is 1. The smallest absolute Gasteiger partial charge is 0.116 e. The van der Waals surface area contributed by atoms with E-state index < -0.39 is 0 Å². The molecule has 3 aromatic heterocycles. The Morgan fingerprint density at radius 1 is 0.810 bits per heavy atom. The number of nitrogens with zero attached hydrogens (tertiary/aromatic N) is 3. The van der Waals surface area contributed by atoms with Crippen LogP contribution in [0.1, 0.15) is 0 Å². The molecule has 4 heteroatoms. The van der Waals surface area contributed by atoms with Crippen molar-refractivity contribution in [3.05, 3.63) is 67.4 Å². The molecule has 1 N–H and O–H groups in total. The molecule has 0 aliphatic heterocycles. The van der Waals surface area contributed by atoms with Crippen LogP contribution in [0.3, 0.4) is 0 Å². The Balaban J connectivity index is 2.07. The molecule has 0 bridgehead atoms. The minimum Gasteiger partial charge on any atom is -0.351 e. The third-order valence-corrected chi connectivity index (χ3v) is 3.49. The standard InChI is InChI=1S/C17H12N4/c1-2-4-12(5-3-1)15-16(13-6-8-18-9-7-13)21-14-10-19-11-20-17(14)15/h1-11,21H. The predicted octanol–water partition coefficient (Wildman–Crippen LogP) is 3.69. The zero-order chi connectivity index (χ0) is 14.1. The van der Waals surface area contributed by atoms with Gasteiger partial charge in [0.1, 0.15) is 6.33 Å². The topological polar surface area (TPSA) is 54.5 Å². The normalized spacial score (nSPS) is 10.9. The number of pyridine rings is 1. The molecule has 3 heterocycles. The molecule has 0 aliphatic carbocycles. The van der Waals surface area contributed by atoms with Crippen LogP contribution in [0.25, 0.3) is 33.4 Å². The zero-order valence-electron chi connectivity index (χ0n) is 11.2. The van der Waals surface area contributed by atoms with Crippen LogP contribution < -0.4 is 0 Å². The van der Waals surface area contributed by atoms with Crippen LogP contribution in [0, 0.1) is 0 Å². The highest BCUT2D eigenvalue weighted by Gasteiger charge is 2.15. The molecule has 0 spiro atoms. The SMILES string of the molecule is c1ccc(-c2c(-c3ccncc3)[nH]c3cncnc23)cc1. The monoisotopic (exact) mass is 272 g/mol. The van der Waals surface area contributed by atoms with Crippen molar-refractivity contribution in [3.63, 3.8) is 0 Å². The van der Waals surface area contributed by atoms with E-state index in [1.807, 2.05) is 30.3 Å². The van der Waals surface area contributed by atoms with Gasteiger partial charge in [0.15, 0.2) is 0 Å². The van der Waals surface area contributed by atoms with Crippen molar-refractivity contribution >= 4 is 11.0 Å². The van der Waals surface area contributed by atoms with Gasteiger partial charge in [0.2, 0.25) is 0 Å². The molecule has 0 amide bonds. The quantitative estimate of drug-likeness (QED) is 0.605. The largest absolute Gasteiger partial charge is 0.351 e. The van der Waals surface area contributed by atoms with E-state index in [1.54, 1.807) is 24.9 Å². The number of aromatic nitrogens is 4. The first kappa shape index (κ1) is 11.8. The van der Waals surface area contributed by atoms with Gasteiger partial charge in [-0.25, -0.2) is 9.97 Å². The van der Waals surface area contributed by atoms with Gasteiger partial charge in [0, 0.05) is 23.5 Å². The first-order chi connectivity index (χ1) is 10.4. The average Bonchev–Trinajstić information content (AvgIpc) is 2.96. The summed E-state index contributed by atoms with van der Waals surface area (Å²) in [5.41, 5.74) is 6.22. The molecule has 0 atom stereocenters. The van der Waals surface area contributed by atoms with E-state index in [0.29, 0.717) is 0 Å². The Morgan fingerprint density at radius 2 is 1.62 bits per heavy atom. The molecule has 21 heavy (non-hydrogen) atoms. The number of rotatable bonds is 2. The van der Waals surface area contributed by atoms with Gasteiger partial charge in [-0.2, -0.15) is 0 Å². The van der Waals surface area contributed by atoms with Crippen LogP contribution in [0.2, 0.25) is 0 Å². The molecule has 1 aromatic carbocycles. The lowest BCUT2D eigenvalue weighted by Crippen LogP contribution is -1.84. The van der Waals surface area contributed by atoms with Crippen LogP contribution in [0.5, 0.6) is 0 Å². The third kappa shape index (κ3) is 1.97. The van der Waals surface area contributed by atoms with Crippen LogP contribution in [0.4, 0.5) is 0 Å². The highest BCUT2D eigenvalue weighted by Crippen LogP contribution is 2.36. The Labute approximate surface area is 121 Å². The lowest BCUT2D eigenvalue weighted by molar-refractivity contribution is 1.22. The fraction of sp³-hybridized carbons (Fsp3) is 0. The summed E-state index contributed by atoms with van der Waals surface area (Å²) < 4.78 is 0. The fourth-order valence-electron chi connectivity index (χ4n) is 2.56. The van der Waals surface area contributed by atoms with Gasteiger partial charge in [-0.05, 0) is 17.7 Å². The van der Waals surface area contributed by atoms with E-state index >= 15 is 0 Å². The van der Waals surface area contributed by atoms with Crippen molar-refractivity contribution in [1.82, 2.24) is 19.9 Å². The summed E-state index contributed by atoms with van der Waals surface area (Å²) in [6, 6.07) is 14.2. The minimum absolute atomic E-state index is 0.933. The lowest BCUT2D eigenvalue weighted by Gasteiger charge is -2.04. The van der Waals surface area contributed by atoms with Gasteiger partial charge in [-0.1, -0.05) is 30.3 Å². The molecular weight excluding hydrogens is 260 g/mol. The molecule has 100 valence electrons. The van der Waals surface area contributed by atoms with E-state index in [9.17, 15) is 0 Å². The molecule has 0 fully saturated rings. The molecule has 4 nitrogen and oxygen atoms in total. The maximum absolute atomic E-state index is 4.45. The number of aromatic amines is 1. The van der Waals surface area contributed by atoms with Crippen molar-refractivity contribution in [3.8, 4) is 22.4 Å². The van der Waals surface area contributed by atoms with E-state index in [-0.39, 0.29) is 0 Å². The molecular formula is C17H12N4. The zero-order valence-corrected chi connectivity index (χ0v) is 11.2. The second-order valence-corrected chi connectivity index (χ2v) is 4.76. The second kappa shape index (κ2) is 4.83. The van der Waals surface area contributed by atoms with Gasteiger partial charge in [0.05, 0.1) is 22.9 Å². The Hall–Kier alpha value is -3.01. The Bertz CT molecular complexity index is 882. The summed E-state index contributed by atoms with van der Waals surface area (Å²) in [7, 11) is 0. The summed E-state index contributed by atoms with van der Waals surface area (Å²) in [6.07, 6.45) is 6.97. The van der Waals surface area contributed by atoms with Gasteiger partial charge in [-0.3, -0.25) is 4.98 Å². The fourth-order valence-corrected chi connectivity index (χ4v) is 2.56. The lowest BCUT2D eigenvalue weighted by atomic mass is 10.0. The van der Waals surface area contributed by atoms with Gasteiger partial charge in [0.25, 0.3) is 0 Å². The number of nitrogens with one attached hydrogen (secondary N) is 1. The average molecular weight is 272 g/mol. The van der Waals surface area contributed by atoms with Crippen LogP contribution in [-0.4, -0.2) is 19.9 Å². The van der Waals surface area contributed by atoms with E-state index in [1.165, 1.54) is 0 Å². The van der Waals surface area contributed by atoms with E-state index in [2.05, 4.69) is 32.1 Å². The van der Waals surface area contributed by atoms with E-state index in [0.717, 1.165) is 33.4 Å². The van der Waals surface area contributed by atoms with Crippen molar-refractivity contribution in [2.75, 3.05) is 0 Å². The first-order valence-corrected chi connectivity index (χ1v) is 6.71. The number of hydrogen-bond acceptors (Lipinski definition) is 3. The third-order valence-electron chi connectivity index (χ3n) is 3.49. The molecule has 4 aromatic rings. The maximum Gasteiger partial charge on any atom is 0.116 e. The minimum atomic E-state index is 0.933. The van der Waals surface area contributed by atoms with Crippen LogP contribution in [0.15, 0.2) is 67.4 Å². The summed E-state index contributed by atoms with van der Waals surface area (Å²) >= 11 is 0. The molecule has 0 saturated carbocycles. The summed E-state index contributed by atoms with van der Waals surface area (Å²) in [5, 5.41) is 0. The molecule has 0 radical (unpaired) electrons. The highest BCUT2D eigenvalue weighted by atomic mass is 14.9. The van der Waals surface area contributed by atoms with Gasteiger partial charge in [-0.15, -0.1) is 0 Å². The Morgan fingerprint density at radius 3 is 2.43 bits per heavy atom. The number of fused-ring (bicyclic) bond motifs is 1. The molecule has 0 unspecified atom stereocenters. The summed E-state index contributed by atoms with van der Waals surface area (Å²) in [6.45, 7) is 0. The van der Waals surface area contributed by atoms with Crippen molar-refractivity contribution in [2.45, 2.75) is 0 Å². The van der Waals surface area contributed by atoms with Crippen LogP contribution >= 0.6 is 0 Å². The van der Waals surface area contributed by atoms with Gasteiger partial charge >= 0.3 is 0 Å². The summed E-state index contributed by atoms with van der Waals surface area (Å²) in [4.78, 5) is 16.1. The molecule has 4 rings (SSSR count). The molecule has 0 saturated heterocycles. The van der Waals surface area contributed by atoms with Crippen molar-refractivity contribution < 1.29 is 0 Å². The second-order valence-electron chi connectivity index (χ2n) is 4.76. The number of H-pyrrole nitrogens is 1. The molecule has 0 aliphatic rings. The van der Waals surface area contributed by atoms with Crippen molar-refractivity contribution in [1.29, 1.82) is 0 Å². The number of hydrogen-bond donors (Lipinski definition) is 1. The maximum atomic E-state index is 4.45. The summed E-state index contributed by atoms with van der Waals surface area (Å²) in [5.74, 6) is 0. The highest BCUT2D eigenvalue weighted by molar-refractivity contribution is 6.01. The predicted molar refractivity (Wildman–Crippen MR) is 82.6 cm³/mol. The van der Waals surface area contributed by atoms with Crippen molar-refractivity contribution in [2.24, 2.45) is 0 Å². The van der Waals surface area contributed by atoms with Crippen LogP contribution in [-0.2, 0) is 0 Å². The first-order valence-electron chi connectivity index (χ1n) is 6.71.